The number of nitrogens with one attached hydrogen (secondary N) is 2. The molecule has 0 radical (unpaired) electrons. The van der Waals surface area contributed by atoms with Crippen LogP contribution in [0.1, 0.15) is 19.3 Å². The first-order valence-electron chi connectivity index (χ1n) is 10.1. The molecule has 1 aliphatic heterocycles. The Kier molecular flexibility index (Phi) is 3.90. The van der Waals surface area contributed by atoms with Crippen molar-refractivity contribution in [3.05, 3.63) is 43.1 Å². The van der Waals surface area contributed by atoms with E-state index in [2.05, 4.69) is 41.1 Å². The van der Waals surface area contributed by atoms with E-state index in [9.17, 15) is 0 Å². The maximum atomic E-state index is 4.80. The van der Waals surface area contributed by atoms with Gasteiger partial charge in [-0.15, -0.1) is 0 Å². The Hall–Kier alpha value is -3.88. The minimum atomic E-state index is 0.655. The molecular formula is C21H19N9. The van der Waals surface area contributed by atoms with Gasteiger partial charge in [-0.1, -0.05) is 0 Å². The van der Waals surface area contributed by atoms with Gasteiger partial charge in [0.25, 0.3) is 0 Å². The van der Waals surface area contributed by atoms with Gasteiger partial charge in [-0.2, -0.15) is 5.10 Å². The highest BCUT2D eigenvalue weighted by Gasteiger charge is 2.19. The molecule has 6 heterocycles. The Balaban J connectivity index is 1.47. The van der Waals surface area contributed by atoms with Gasteiger partial charge < -0.3 is 9.88 Å². The zero-order valence-corrected chi connectivity index (χ0v) is 16.2. The molecule has 0 saturated carbocycles. The van der Waals surface area contributed by atoms with Crippen molar-refractivity contribution >= 4 is 27.9 Å². The fraction of sp³-hybridized carbons (Fsp3) is 0.238. The van der Waals surface area contributed by atoms with Crippen LogP contribution in [0, 0.1) is 0 Å². The molecule has 0 aromatic carbocycles. The van der Waals surface area contributed by atoms with E-state index in [1.165, 1.54) is 25.6 Å². The molecular weight excluding hydrogens is 378 g/mol. The lowest BCUT2D eigenvalue weighted by Gasteiger charge is -2.28. The van der Waals surface area contributed by atoms with Gasteiger partial charge in [0.15, 0.2) is 17.2 Å². The van der Waals surface area contributed by atoms with Gasteiger partial charge in [0.2, 0.25) is 0 Å². The molecule has 0 unspecified atom stereocenters. The van der Waals surface area contributed by atoms with Gasteiger partial charge in [0, 0.05) is 37.2 Å². The van der Waals surface area contributed by atoms with Crippen LogP contribution in [0.15, 0.2) is 43.1 Å². The number of hydrogen-bond donors (Lipinski definition) is 2. The maximum Gasteiger partial charge on any atom is 0.180 e. The van der Waals surface area contributed by atoms with E-state index in [-0.39, 0.29) is 0 Å². The van der Waals surface area contributed by atoms with Crippen LogP contribution in [0.3, 0.4) is 0 Å². The monoisotopic (exact) mass is 397 g/mol. The summed E-state index contributed by atoms with van der Waals surface area (Å²) in [5.41, 5.74) is 6.68. The van der Waals surface area contributed by atoms with Gasteiger partial charge >= 0.3 is 0 Å². The summed E-state index contributed by atoms with van der Waals surface area (Å²) >= 11 is 0. The summed E-state index contributed by atoms with van der Waals surface area (Å²) in [6, 6.07) is 5.95. The van der Waals surface area contributed by atoms with Gasteiger partial charge in [-0.3, -0.25) is 5.10 Å². The highest BCUT2D eigenvalue weighted by molar-refractivity contribution is 5.93. The molecule has 0 atom stereocenters. The van der Waals surface area contributed by atoms with Crippen molar-refractivity contribution in [2.24, 2.45) is 0 Å². The van der Waals surface area contributed by atoms with Crippen LogP contribution in [0.2, 0.25) is 0 Å². The third-order valence-corrected chi connectivity index (χ3v) is 5.56. The fourth-order valence-corrected chi connectivity index (χ4v) is 4.06. The van der Waals surface area contributed by atoms with Crippen molar-refractivity contribution in [1.29, 1.82) is 0 Å². The van der Waals surface area contributed by atoms with E-state index in [4.69, 9.17) is 9.97 Å². The molecule has 9 nitrogen and oxygen atoms in total. The summed E-state index contributed by atoms with van der Waals surface area (Å²) in [5.74, 6) is 0.655. The number of anilines is 1. The van der Waals surface area contributed by atoms with E-state index in [1.807, 2.05) is 18.3 Å². The number of imidazole rings is 1. The molecule has 1 aliphatic rings. The molecule has 0 aliphatic carbocycles. The lowest BCUT2D eigenvalue weighted by molar-refractivity contribution is 0.578. The van der Waals surface area contributed by atoms with Gasteiger partial charge in [-0.05, 0) is 37.5 Å². The number of rotatable bonds is 3. The number of aromatic nitrogens is 8. The molecule has 0 amide bonds. The van der Waals surface area contributed by atoms with Gasteiger partial charge in [0.05, 0.1) is 16.9 Å². The Morgan fingerprint density at radius 1 is 0.933 bits per heavy atom. The Morgan fingerprint density at radius 3 is 2.67 bits per heavy atom. The lowest BCUT2D eigenvalue weighted by atomic mass is 10.1. The quantitative estimate of drug-likeness (QED) is 0.480. The number of nitrogens with zero attached hydrogens (tertiary/aromatic N) is 7. The average molecular weight is 397 g/mol. The van der Waals surface area contributed by atoms with E-state index >= 15 is 0 Å². The first kappa shape index (κ1) is 17.0. The maximum absolute atomic E-state index is 4.80. The molecule has 2 N–H and O–H groups in total. The third-order valence-electron chi connectivity index (χ3n) is 5.56. The number of fused-ring (bicyclic) bond motifs is 2. The highest BCUT2D eigenvalue weighted by atomic mass is 15.2. The van der Waals surface area contributed by atoms with Gasteiger partial charge in [-0.25, -0.2) is 24.9 Å². The standard InChI is InChI=1S/C21H19N9/c1-2-8-30(9-3-1)16-6-7-24-20-18(16)26-21(27-20)19-17-15(28-29-19)5-4-14(25-17)13-10-22-12-23-11-13/h4-7,10-12H,1-3,8-9H2,(H,28,29)(H,24,26,27). The Bertz CT molecular complexity index is 1330. The van der Waals surface area contributed by atoms with Crippen LogP contribution < -0.4 is 4.90 Å². The summed E-state index contributed by atoms with van der Waals surface area (Å²) in [6.45, 7) is 2.12. The summed E-state index contributed by atoms with van der Waals surface area (Å²) in [7, 11) is 0. The normalized spacial score (nSPS) is 14.6. The second-order valence-electron chi connectivity index (χ2n) is 7.45. The number of aromatic amines is 2. The molecule has 5 aromatic heterocycles. The van der Waals surface area contributed by atoms with Gasteiger partial charge in [0.1, 0.15) is 17.4 Å². The topological polar surface area (TPSA) is 112 Å². The molecule has 30 heavy (non-hydrogen) atoms. The molecule has 9 heteroatoms. The summed E-state index contributed by atoms with van der Waals surface area (Å²) in [6.07, 6.45) is 10.5. The first-order valence-corrected chi connectivity index (χ1v) is 10.1. The second kappa shape index (κ2) is 6.87. The number of hydrogen-bond acceptors (Lipinski definition) is 7. The van der Waals surface area contributed by atoms with E-state index in [0.717, 1.165) is 46.6 Å². The molecule has 6 rings (SSSR count). The van der Waals surface area contributed by atoms with E-state index in [1.54, 1.807) is 12.4 Å². The van der Waals surface area contributed by atoms with Crippen molar-refractivity contribution in [2.45, 2.75) is 19.3 Å². The van der Waals surface area contributed by atoms with Crippen molar-refractivity contribution in [1.82, 2.24) is 40.1 Å². The predicted octanol–water partition coefficient (Wildman–Crippen LogP) is 3.34. The fourth-order valence-electron chi connectivity index (χ4n) is 4.06. The molecule has 1 fully saturated rings. The SMILES string of the molecule is c1ncc(-c2ccc3[nH]nc(-c4nc5nccc(N6CCCCC6)c5[nH]4)c3n2)cn1. The minimum absolute atomic E-state index is 0.655. The van der Waals surface area contributed by atoms with Crippen molar-refractivity contribution in [3.8, 4) is 22.8 Å². The van der Waals surface area contributed by atoms with Crippen LogP contribution in [-0.4, -0.2) is 53.2 Å². The largest absolute Gasteiger partial charge is 0.370 e. The van der Waals surface area contributed by atoms with Crippen LogP contribution in [0.25, 0.3) is 45.0 Å². The highest BCUT2D eigenvalue weighted by Crippen LogP contribution is 2.31. The van der Waals surface area contributed by atoms with E-state index < -0.39 is 0 Å². The van der Waals surface area contributed by atoms with E-state index in [0.29, 0.717) is 17.2 Å². The van der Waals surface area contributed by atoms with Crippen molar-refractivity contribution in [3.63, 3.8) is 0 Å². The minimum Gasteiger partial charge on any atom is -0.370 e. The molecule has 0 spiro atoms. The van der Waals surface area contributed by atoms with Crippen molar-refractivity contribution < 1.29 is 0 Å². The molecule has 5 aromatic rings. The number of pyridine rings is 2. The van der Waals surface area contributed by atoms with Crippen LogP contribution >= 0.6 is 0 Å². The summed E-state index contributed by atoms with van der Waals surface area (Å²) < 4.78 is 0. The number of H-pyrrole nitrogens is 2. The Morgan fingerprint density at radius 2 is 1.80 bits per heavy atom. The zero-order valence-electron chi connectivity index (χ0n) is 16.2. The molecule has 148 valence electrons. The van der Waals surface area contributed by atoms with Crippen LogP contribution in [0.5, 0.6) is 0 Å². The summed E-state index contributed by atoms with van der Waals surface area (Å²) in [5, 5.41) is 7.54. The Labute approximate surface area is 171 Å². The zero-order chi connectivity index (χ0) is 19.9. The third kappa shape index (κ3) is 2.78. The molecule has 0 bridgehead atoms. The smallest absolute Gasteiger partial charge is 0.180 e. The average Bonchev–Trinajstić information content (AvgIpc) is 3.43. The summed E-state index contributed by atoms with van der Waals surface area (Å²) in [4.78, 5) is 28.0. The lowest BCUT2D eigenvalue weighted by Crippen LogP contribution is -2.29. The molecule has 1 saturated heterocycles. The van der Waals surface area contributed by atoms with Crippen molar-refractivity contribution in [2.75, 3.05) is 18.0 Å². The number of piperidine rings is 1. The van der Waals surface area contributed by atoms with Crippen LogP contribution in [-0.2, 0) is 0 Å². The van der Waals surface area contributed by atoms with Crippen LogP contribution in [0.4, 0.5) is 5.69 Å². The first-order chi connectivity index (χ1) is 14.9. The predicted molar refractivity (Wildman–Crippen MR) is 114 cm³/mol. The second-order valence-corrected chi connectivity index (χ2v) is 7.45.